The van der Waals surface area contributed by atoms with E-state index in [4.69, 9.17) is 0 Å². The smallest absolute Gasteiger partial charge is 0.293 e. The second-order valence-electron chi connectivity index (χ2n) is 6.12. The van der Waals surface area contributed by atoms with E-state index in [0.717, 1.165) is 4.31 Å². The third-order valence-electron chi connectivity index (χ3n) is 3.81. The molecular formula is C17H20N4O5S. The minimum atomic E-state index is -3.56. The van der Waals surface area contributed by atoms with Gasteiger partial charge in [-0.25, -0.2) is 12.7 Å². The molecule has 0 saturated heterocycles. The highest BCUT2D eigenvalue weighted by Gasteiger charge is 2.20. The lowest BCUT2D eigenvalue weighted by Crippen LogP contribution is -2.22. The van der Waals surface area contributed by atoms with Gasteiger partial charge in [-0.2, -0.15) is 0 Å². The number of hydrogen-bond donors (Lipinski definition) is 1. The molecule has 10 heteroatoms. The van der Waals surface area contributed by atoms with Crippen LogP contribution in [0.15, 0.2) is 47.4 Å². The molecule has 0 unspecified atom stereocenters. The summed E-state index contributed by atoms with van der Waals surface area (Å²) in [7, 11) is 2.63. The lowest BCUT2D eigenvalue weighted by atomic mass is 10.1. The Hall–Kier alpha value is -2.98. The van der Waals surface area contributed by atoms with E-state index in [2.05, 4.69) is 5.32 Å². The van der Waals surface area contributed by atoms with Crippen molar-refractivity contribution in [3.8, 4) is 0 Å². The fourth-order valence-corrected chi connectivity index (χ4v) is 3.22. The minimum absolute atomic E-state index is 0.0940. The summed E-state index contributed by atoms with van der Waals surface area (Å²) in [5.41, 5.74) is 0.698. The molecule has 2 aromatic rings. The molecule has 0 aliphatic carbocycles. The Labute approximate surface area is 157 Å². The van der Waals surface area contributed by atoms with Crippen LogP contribution in [0.25, 0.3) is 0 Å². The zero-order valence-electron chi connectivity index (χ0n) is 15.3. The predicted molar refractivity (Wildman–Crippen MR) is 103 cm³/mol. The maximum Gasteiger partial charge on any atom is 0.293 e. The molecule has 0 spiro atoms. The first-order chi connectivity index (χ1) is 12.5. The molecule has 144 valence electrons. The van der Waals surface area contributed by atoms with Crippen molar-refractivity contribution in [1.29, 1.82) is 0 Å². The maximum atomic E-state index is 12.4. The van der Waals surface area contributed by atoms with Crippen LogP contribution in [0.4, 0.5) is 17.1 Å². The Morgan fingerprint density at radius 1 is 1.04 bits per heavy atom. The quantitative estimate of drug-likeness (QED) is 0.595. The van der Waals surface area contributed by atoms with Gasteiger partial charge in [0.25, 0.3) is 11.6 Å². The van der Waals surface area contributed by atoms with Crippen molar-refractivity contribution in [3.05, 3.63) is 58.1 Å². The largest absolute Gasteiger partial charge is 0.372 e. The number of benzene rings is 2. The summed E-state index contributed by atoms with van der Waals surface area (Å²) >= 11 is 0. The van der Waals surface area contributed by atoms with Crippen molar-refractivity contribution in [2.45, 2.75) is 4.90 Å². The van der Waals surface area contributed by atoms with Gasteiger partial charge in [0.05, 0.1) is 9.82 Å². The molecule has 0 aliphatic heterocycles. The Kier molecular flexibility index (Phi) is 5.82. The molecule has 0 aromatic heterocycles. The number of sulfonamides is 1. The highest BCUT2D eigenvalue weighted by Crippen LogP contribution is 2.28. The molecule has 1 amide bonds. The van der Waals surface area contributed by atoms with E-state index in [9.17, 15) is 23.3 Å². The van der Waals surface area contributed by atoms with Crippen molar-refractivity contribution >= 4 is 33.0 Å². The van der Waals surface area contributed by atoms with Crippen LogP contribution in [-0.2, 0) is 10.0 Å². The van der Waals surface area contributed by atoms with E-state index in [1.807, 2.05) is 0 Å². The summed E-state index contributed by atoms with van der Waals surface area (Å²) < 4.78 is 25.2. The van der Waals surface area contributed by atoms with E-state index in [1.165, 1.54) is 56.6 Å². The van der Waals surface area contributed by atoms with Crippen molar-refractivity contribution in [1.82, 2.24) is 4.31 Å². The summed E-state index contributed by atoms with van der Waals surface area (Å²) in [5, 5.41) is 13.8. The molecule has 27 heavy (non-hydrogen) atoms. The molecule has 0 fully saturated rings. The van der Waals surface area contributed by atoms with Crippen molar-refractivity contribution < 1.29 is 18.1 Å². The van der Waals surface area contributed by atoms with Gasteiger partial charge < -0.3 is 10.2 Å². The molecule has 0 aliphatic rings. The molecule has 9 nitrogen and oxygen atoms in total. The van der Waals surface area contributed by atoms with Crippen LogP contribution in [0, 0.1) is 10.1 Å². The van der Waals surface area contributed by atoms with Gasteiger partial charge in [-0.05, 0) is 36.4 Å². The van der Waals surface area contributed by atoms with Crippen LogP contribution in [0.1, 0.15) is 10.4 Å². The average molecular weight is 392 g/mol. The number of rotatable bonds is 6. The number of carbonyl (C=O) groups is 1. The number of anilines is 2. The number of nitro benzene ring substituents is 1. The van der Waals surface area contributed by atoms with Gasteiger partial charge in [0.2, 0.25) is 10.0 Å². The predicted octanol–water partition coefficient (Wildman–Crippen LogP) is 2.16. The first-order valence-electron chi connectivity index (χ1n) is 7.83. The number of nitrogens with zero attached hydrogens (tertiary/aromatic N) is 3. The fraction of sp³-hybridized carbons (Fsp3) is 0.235. The maximum absolute atomic E-state index is 12.4. The van der Waals surface area contributed by atoms with Crippen LogP contribution >= 0.6 is 0 Å². The van der Waals surface area contributed by atoms with Crippen LogP contribution in [0.5, 0.6) is 0 Å². The molecule has 0 saturated carbocycles. The monoisotopic (exact) mass is 392 g/mol. The second kappa shape index (κ2) is 7.72. The van der Waals surface area contributed by atoms with E-state index in [-0.39, 0.29) is 16.1 Å². The number of carbonyl (C=O) groups excluding carboxylic acids is 1. The Bertz CT molecular complexity index is 969. The molecule has 0 heterocycles. The molecule has 0 radical (unpaired) electrons. The number of hydrogen-bond acceptors (Lipinski definition) is 6. The molecule has 0 bridgehead atoms. The molecule has 0 atom stereocenters. The van der Waals surface area contributed by atoms with Gasteiger partial charge in [-0.3, -0.25) is 14.9 Å². The van der Waals surface area contributed by atoms with E-state index in [0.29, 0.717) is 11.4 Å². The van der Waals surface area contributed by atoms with Gasteiger partial charge in [0, 0.05) is 45.5 Å². The van der Waals surface area contributed by atoms with Crippen molar-refractivity contribution in [3.63, 3.8) is 0 Å². The Morgan fingerprint density at radius 2 is 1.63 bits per heavy atom. The third kappa shape index (κ3) is 4.41. The lowest BCUT2D eigenvalue weighted by Gasteiger charge is -2.14. The first-order valence-corrected chi connectivity index (χ1v) is 9.27. The second-order valence-corrected chi connectivity index (χ2v) is 8.27. The summed E-state index contributed by atoms with van der Waals surface area (Å²) in [6.07, 6.45) is 0. The van der Waals surface area contributed by atoms with E-state index in [1.54, 1.807) is 19.0 Å². The van der Waals surface area contributed by atoms with Gasteiger partial charge in [-0.15, -0.1) is 0 Å². The minimum Gasteiger partial charge on any atom is -0.372 e. The van der Waals surface area contributed by atoms with Crippen molar-refractivity contribution in [2.75, 3.05) is 38.4 Å². The van der Waals surface area contributed by atoms with Crippen LogP contribution in [-0.4, -0.2) is 51.7 Å². The third-order valence-corrected chi connectivity index (χ3v) is 5.64. The number of amides is 1. The normalized spacial score (nSPS) is 11.3. The van der Waals surface area contributed by atoms with Gasteiger partial charge in [0.1, 0.15) is 5.69 Å². The standard InChI is InChI=1S/C17H20N4O5S/c1-19(2)15-10-5-12(11-16(15)21(23)24)17(22)18-13-6-8-14(9-7-13)27(25,26)20(3)4/h5-11H,1-4H3,(H,18,22). The van der Waals surface area contributed by atoms with Gasteiger partial charge >= 0.3 is 0 Å². The van der Waals surface area contributed by atoms with Crippen LogP contribution in [0.3, 0.4) is 0 Å². The molecular weight excluding hydrogens is 372 g/mol. The Balaban J connectivity index is 2.25. The first kappa shape index (κ1) is 20.3. The van der Waals surface area contributed by atoms with Crippen molar-refractivity contribution in [2.24, 2.45) is 0 Å². The topological polar surface area (TPSA) is 113 Å². The Morgan fingerprint density at radius 3 is 2.11 bits per heavy atom. The lowest BCUT2D eigenvalue weighted by molar-refractivity contribution is -0.384. The van der Waals surface area contributed by atoms with E-state index < -0.39 is 20.9 Å². The summed E-state index contributed by atoms with van der Waals surface area (Å²) in [5.74, 6) is -0.536. The fourth-order valence-electron chi connectivity index (χ4n) is 2.31. The number of nitro groups is 1. The molecule has 2 aromatic carbocycles. The highest BCUT2D eigenvalue weighted by molar-refractivity contribution is 7.89. The highest BCUT2D eigenvalue weighted by atomic mass is 32.2. The van der Waals surface area contributed by atoms with Crippen LogP contribution in [0.2, 0.25) is 0 Å². The average Bonchev–Trinajstić information content (AvgIpc) is 2.61. The zero-order chi connectivity index (χ0) is 20.4. The van der Waals surface area contributed by atoms with Crippen LogP contribution < -0.4 is 10.2 Å². The summed E-state index contributed by atoms with van der Waals surface area (Å²) in [4.78, 5) is 24.8. The summed E-state index contributed by atoms with van der Waals surface area (Å²) in [6, 6.07) is 9.86. The zero-order valence-corrected chi connectivity index (χ0v) is 16.1. The molecule has 2 rings (SSSR count). The van der Waals surface area contributed by atoms with Gasteiger partial charge in [0.15, 0.2) is 0 Å². The van der Waals surface area contributed by atoms with E-state index >= 15 is 0 Å². The summed E-state index contributed by atoms with van der Waals surface area (Å²) in [6.45, 7) is 0. The molecule has 1 N–H and O–H groups in total. The number of nitrogens with one attached hydrogen (secondary N) is 1. The SMILES string of the molecule is CN(C)c1ccc(C(=O)Nc2ccc(S(=O)(=O)N(C)C)cc2)cc1[N+](=O)[O-]. The van der Waals surface area contributed by atoms with Gasteiger partial charge in [-0.1, -0.05) is 0 Å².